The topological polar surface area (TPSA) is 31.4 Å². The van der Waals surface area contributed by atoms with Crippen LogP contribution in [0.15, 0.2) is 48.5 Å². The fourth-order valence-corrected chi connectivity index (χ4v) is 4.53. The zero-order valence-electron chi connectivity index (χ0n) is 17.5. The van der Waals surface area contributed by atoms with Crippen LogP contribution in [0.2, 0.25) is 0 Å². The van der Waals surface area contributed by atoms with Gasteiger partial charge in [-0.1, -0.05) is 50.2 Å². The van der Waals surface area contributed by atoms with Gasteiger partial charge in [-0.2, -0.15) is 0 Å². The fraction of sp³-hybridized carbons (Fsp3) is 0.375. The van der Waals surface area contributed by atoms with Gasteiger partial charge in [-0.25, -0.2) is 0 Å². The van der Waals surface area contributed by atoms with Crippen LogP contribution in [0, 0.1) is 0 Å². The number of aromatic nitrogens is 1. The molecule has 0 spiro atoms. The van der Waals surface area contributed by atoms with Crippen LogP contribution in [0.1, 0.15) is 52.7 Å². The first-order valence-corrected chi connectivity index (χ1v) is 10.0. The lowest BCUT2D eigenvalue weighted by Gasteiger charge is -2.35. The van der Waals surface area contributed by atoms with E-state index < -0.39 is 7.12 Å². The third kappa shape index (κ3) is 2.28. The molecule has 1 aliphatic heterocycles. The molecule has 0 atom stereocenters. The smallest absolute Gasteiger partial charge is 0.398 e. The highest BCUT2D eigenvalue weighted by Gasteiger charge is 2.52. The van der Waals surface area contributed by atoms with Crippen molar-refractivity contribution in [2.75, 3.05) is 0 Å². The van der Waals surface area contributed by atoms with E-state index in [4.69, 9.17) is 14.3 Å². The van der Waals surface area contributed by atoms with Gasteiger partial charge in [0.15, 0.2) is 0 Å². The maximum Gasteiger partial charge on any atom is 0.514 e. The molecular formula is C24H26BNO2. The summed E-state index contributed by atoms with van der Waals surface area (Å²) < 4.78 is 12.6. The Morgan fingerprint density at radius 1 is 0.750 bits per heavy atom. The van der Waals surface area contributed by atoms with Gasteiger partial charge in [-0.3, -0.25) is 4.98 Å². The Labute approximate surface area is 167 Å². The first-order valence-electron chi connectivity index (χ1n) is 10.0. The van der Waals surface area contributed by atoms with Crippen LogP contribution in [0.3, 0.4) is 0 Å². The summed E-state index contributed by atoms with van der Waals surface area (Å²) in [5.41, 5.74) is 6.19. The molecular weight excluding hydrogens is 345 g/mol. The summed E-state index contributed by atoms with van der Waals surface area (Å²) in [4.78, 5) is 4.98. The van der Waals surface area contributed by atoms with Crippen LogP contribution in [-0.2, 0) is 14.7 Å². The lowest BCUT2D eigenvalue weighted by atomic mass is 9.68. The van der Waals surface area contributed by atoms with Crippen LogP contribution < -0.4 is 5.59 Å². The lowest BCUT2D eigenvalue weighted by Crippen LogP contribution is -2.41. The van der Waals surface area contributed by atoms with Gasteiger partial charge in [0, 0.05) is 10.8 Å². The van der Waals surface area contributed by atoms with Crippen molar-refractivity contribution in [1.29, 1.82) is 0 Å². The van der Waals surface area contributed by atoms with E-state index in [0.29, 0.717) is 0 Å². The predicted octanol–water partition coefficient (Wildman–Crippen LogP) is 4.84. The molecule has 0 N–H and O–H groups in total. The van der Waals surface area contributed by atoms with E-state index in [1.165, 1.54) is 27.6 Å². The Balaban J connectivity index is 1.77. The predicted molar refractivity (Wildman–Crippen MR) is 115 cm³/mol. The molecule has 2 aromatic carbocycles. The van der Waals surface area contributed by atoms with Crippen LogP contribution in [0.5, 0.6) is 0 Å². The van der Waals surface area contributed by atoms with E-state index in [1.54, 1.807) is 0 Å². The van der Waals surface area contributed by atoms with Gasteiger partial charge < -0.3 is 9.31 Å². The molecule has 2 heterocycles. The van der Waals surface area contributed by atoms with E-state index >= 15 is 0 Å². The number of fused-ring (bicyclic) bond motifs is 2. The first kappa shape index (κ1) is 17.9. The molecule has 2 aliphatic rings. The maximum absolute atomic E-state index is 6.29. The summed E-state index contributed by atoms with van der Waals surface area (Å²) in [6.45, 7) is 12.9. The Morgan fingerprint density at radius 2 is 1.39 bits per heavy atom. The van der Waals surface area contributed by atoms with E-state index in [0.717, 1.165) is 11.1 Å². The van der Waals surface area contributed by atoms with Crippen molar-refractivity contribution >= 4 is 23.6 Å². The highest BCUT2D eigenvalue weighted by Crippen LogP contribution is 2.47. The van der Waals surface area contributed by atoms with Crippen molar-refractivity contribution in [3.05, 3.63) is 59.7 Å². The average molecular weight is 371 g/mol. The van der Waals surface area contributed by atoms with Crippen molar-refractivity contribution in [3.63, 3.8) is 0 Å². The van der Waals surface area contributed by atoms with Gasteiger partial charge >= 0.3 is 7.12 Å². The van der Waals surface area contributed by atoms with Gasteiger partial charge in [0.25, 0.3) is 0 Å². The molecule has 142 valence electrons. The highest BCUT2D eigenvalue weighted by atomic mass is 16.7. The van der Waals surface area contributed by atoms with Crippen LogP contribution in [-0.4, -0.2) is 23.3 Å². The summed E-state index contributed by atoms with van der Waals surface area (Å²) in [7, 11) is -0.462. The Morgan fingerprint density at radius 3 is 2.11 bits per heavy atom. The molecule has 4 heteroatoms. The number of benzene rings is 2. The summed E-state index contributed by atoms with van der Waals surface area (Å²) >= 11 is 0. The molecule has 0 amide bonds. The second-order valence-electron chi connectivity index (χ2n) is 9.55. The molecule has 0 saturated carbocycles. The molecule has 0 radical (unpaired) electrons. The van der Waals surface area contributed by atoms with E-state index in [2.05, 4.69) is 90.1 Å². The second kappa shape index (κ2) is 5.46. The van der Waals surface area contributed by atoms with Crippen LogP contribution in [0.25, 0.3) is 22.0 Å². The van der Waals surface area contributed by atoms with Gasteiger partial charge in [0.05, 0.1) is 22.3 Å². The van der Waals surface area contributed by atoms with Crippen molar-refractivity contribution < 1.29 is 9.31 Å². The van der Waals surface area contributed by atoms with Crippen molar-refractivity contribution in [2.45, 2.75) is 58.2 Å². The molecule has 28 heavy (non-hydrogen) atoms. The van der Waals surface area contributed by atoms with Gasteiger partial charge in [-0.05, 0) is 62.1 Å². The number of nitrogens with zero attached hydrogens (tertiary/aromatic N) is 1. The second-order valence-corrected chi connectivity index (χ2v) is 9.55. The van der Waals surface area contributed by atoms with E-state index in [-0.39, 0.29) is 16.6 Å². The molecule has 0 unspecified atom stereocenters. The standard InChI is InChI=1S/C24H26BNO2/c1-22(2)17-11-8-7-10-15(17)16-14-20(25-27-23(3,4)24(5,6)28-25)26-19-13-9-12-18(22)21(16)19/h7-14H,1-6H3. The van der Waals surface area contributed by atoms with E-state index in [1.807, 2.05) is 0 Å². The van der Waals surface area contributed by atoms with Crippen molar-refractivity contribution in [1.82, 2.24) is 4.98 Å². The minimum absolute atomic E-state index is 0.0589. The number of hydrogen-bond acceptors (Lipinski definition) is 3. The SMILES string of the molecule is CC1(C)c2ccccc2-c2cc(B3OC(C)(C)C(C)(C)O3)nc3cccc1c23. The Hall–Kier alpha value is -2.17. The summed E-state index contributed by atoms with van der Waals surface area (Å²) in [6.07, 6.45) is 0. The number of rotatable bonds is 1. The molecule has 3 nitrogen and oxygen atoms in total. The Bertz CT molecular complexity index is 1100. The van der Waals surface area contributed by atoms with E-state index in [9.17, 15) is 0 Å². The van der Waals surface area contributed by atoms with Crippen molar-refractivity contribution in [3.8, 4) is 11.1 Å². The third-order valence-corrected chi connectivity index (χ3v) is 6.91. The largest absolute Gasteiger partial charge is 0.514 e. The first-order chi connectivity index (χ1) is 13.1. The van der Waals surface area contributed by atoms with Gasteiger partial charge in [-0.15, -0.1) is 0 Å². The number of pyridine rings is 1. The normalized spacial score (nSPS) is 21.0. The Kier molecular flexibility index (Phi) is 3.49. The monoisotopic (exact) mass is 371 g/mol. The fourth-order valence-electron chi connectivity index (χ4n) is 4.53. The van der Waals surface area contributed by atoms with Crippen molar-refractivity contribution in [2.24, 2.45) is 0 Å². The molecule has 0 bridgehead atoms. The third-order valence-electron chi connectivity index (χ3n) is 6.91. The molecule has 1 fully saturated rings. The van der Waals surface area contributed by atoms with Gasteiger partial charge in [0.2, 0.25) is 0 Å². The molecule has 3 aromatic rings. The van der Waals surface area contributed by atoms with Crippen LogP contribution in [0.4, 0.5) is 0 Å². The summed E-state index contributed by atoms with van der Waals surface area (Å²) in [5.74, 6) is 0. The number of hydrogen-bond donors (Lipinski definition) is 0. The lowest BCUT2D eigenvalue weighted by molar-refractivity contribution is 0.00578. The molecule has 1 aliphatic carbocycles. The van der Waals surface area contributed by atoms with Gasteiger partial charge in [0.1, 0.15) is 0 Å². The minimum atomic E-state index is -0.462. The zero-order valence-corrected chi connectivity index (χ0v) is 17.5. The average Bonchev–Trinajstić information content (AvgIpc) is 2.87. The van der Waals surface area contributed by atoms with Crippen LogP contribution >= 0.6 is 0 Å². The highest BCUT2D eigenvalue weighted by molar-refractivity contribution is 6.61. The summed E-state index contributed by atoms with van der Waals surface area (Å²) in [5, 5.41) is 1.24. The minimum Gasteiger partial charge on any atom is -0.398 e. The molecule has 1 saturated heterocycles. The summed E-state index contributed by atoms with van der Waals surface area (Å²) in [6, 6.07) is 17.3. The maximum atomic E-state index is 6.29. The quantitative estimate of drug-likeness (QED) is 0.574. The molecule has 1 aromatic heterocycles. The zero-order chi connectivity index (χ0) is 19.9. The molecule has 5 rings (SSSR count).